The van der Waals surface area contributed by atoms with Crippen LogP contribution in [0.3, 0.4) is 0 Å². The summed E-state index contributed by atoms with van der Waals surface area (Å²) in [6.45, 7) is 0.442. The molecule has 0 saturated heterocycles. The van der Waals surface area contributed by atoms with Gasteiger partial charge in [-0.1, -0.05) is 35.3 Å². The van der Waals surface area contributed by atoms with Crippen LogP contribution in [0.4, 0.5) is 10.1 Å². The number of rotatable bonds is 5. The third kappa shape index (κ3) is 4.94. The summed E-state index contributed by atoms with van der Waals surface area (Å²) in [6, 6.07) is 10.8. The van der Waals surface area contributed by atoms with Crippen molar-refractivity contribution in [1.29, 1.82) is 0 Å². The average molecular weight is 354 g/mol. The largest absolute Gasteiger partial charge is 0.387 e. The number of nitrogens with one attached hydrogen (secondary N) is 1. The fraction of sp³-hybridized carbons (Fsp3) is 0.125. The first-order valence-corrected chi connectivity index (χ1v) is 7.54. The maximum absolute atomic E-state index is 13.5. The zero-order valence-corrected chi connectivity index (χ0v) is 13.5. The SMILES string of the molecule is NC(CCNc1ccc(Cl)c(Cl)c1)=NC(=O)c1ccccc1F. The highest BCUT2D eigenvalue weighted by molar-refractivity contribution is 6.42. The first-order valence-electron chi connectivity index (χ1n) is 6.78. The number of anilines is 1. The predicted molar refractivity (Wildman–Crippen MR) is 91.9 cm³/mol. The average Bonchev–Trinajstić information content (AvgIpc) is 2.51. The summed E-state index contributed by atoms with van der Waals surface area (Å²) in [5, 5.41) is 3.98. The molecule has 2 aromatic rings. The Hall–Kier alpha value is -2.11. The van der Waals surface area contributed by atoms with Crippen LogP contribution in [0.5, 0.6) is 0 Å². The van der Waals surface area contributed by atoms with Gasteiger partial charge >= 0.3 is 0 Å². The van der Waals surface area contributed by atoms with Crippen LogP contribution in [-0.2, 0) is 0 Å². The molecule has 120 valence electrons. The Morgan fingerprint density at radius 1 is 1.17 bits per heavy atom. The molecule has 0 atom stereocenters. The first-order chi connectivity index (χ1) is 11.0. The topological polar surface area (TPSA) is 67.5 Å². The van der Waals surface area contributed by atoms with Crippen molar-refractivity contribution in [2.24, 2.45) is 10.7 Å². The number of carbonyl (C=O) groups is 1. The molecule has 0 spiro atoms. The van der Waals surface area contributed by atoms with Crippen molar-refractivity contribution in [3.63, 3.8) is 0 Å². The van der Waals surface area contributed by atoms with Gasteiger partial charge in [0.1, 0.15) is 11.7 Å². The zero-order chi connectivity index (χ0) is 16.8. The summed E-state index contributed by atoms with van der Waals surface area (Å²) < 4.78 is 13.5. The van der Waals surface area contributed by atoms with E-state index in [0.717, 1.165) is 5.69 Å². The Bertz CT molecular complexity index is 750. The van der Waals surface area contributed by atoms with Gasteiger partial charge in [-0.15, -0.1) is 0 Å². The lowest BCUT2D eigenvalue weighted by atomic mass is 10.2. The van der Waals surface area contributed by atoms with Crippen molar-refractivity contribution >= 4 is 40.6 Å². The van der Waals surface area contributed by atoms with Crippen LogP contribution in [0.1, 0.15) is 16.8 Å². The van der Waals surface area contributed by atoms with Crippen LogP contribution in [0.25, 0.3) is 0 Å². The molecular formula is C16H14Cl2FN3O. The Morgan fingerprint density at radius 3 is 2.61 bits per heavy atom. The van der Waals surface area contributed by atoms with E-state index in [1.54, 1.807) is 24.3 Å². The maximum Gasteiger partial charge on any atom is 0.281 e. The van der Waals surface area contributed by atoms with Crippen LogP contribution in [0.15, 0.2) is 47.5 Å². The molecule has 3 N–H and O–H groups in total. The standard InChI is InChI=1S/C16H14Cl2FN3O/c17-12-6-5-10(9-13(12)18)21-8-7-15(20)22-16(23)11-3-1-2-4-14(11)19/h1-6,9,21H,7-8H2,(H2,20,22,23). The zero-order valence-electron chi connectivity index (χ0n) is 12.0. The van der Waals surface area contributed by atoms with E-state index in [9.17, 15) is 9.18 Å². The maximum atomic E-state index is 13.5. The van der Waals surface area contributed by atoms with Gasteiger partial charge in [-0.3, -0.25) is 4.79 Å². The number of amides is 1. The van der Waals surface area contributed by atoms with E-state index < -0.39 is 11.7 Å². The molecule has 7 heteroatoms. The second kappa shape index (κ2) is 7.94. The smallest absolute Gasteiger partial charge is 0.281 e. The van der Waals surface area contributed by atoms with Crippen LogP contribution >= 0.6 is 23.2 Å². The van der Waals surface area contributed by atoms with Crippen LogP contribution < -0.4 is 11.1 Å². The van der Waals surface area contributed by atoms with Crippen LogP contribution in [0.2, 0.25) is 10.0 Å². The normalized spacial score (nSPS) is 11.3. The van der Waals surface area contributed by atoms with E-state index in [-0.39, 0.29) is 11.4 Å². The van der Waals surface area contributed by atoms with E-state index in [4.69, 9.17) is 28.9 Å². The molecule has 0 heterocycles. The molecule has 0 aliphatic carbocycles. The van der Waals surface area contributed by atoms with E-state index >= 15 is 0 Å². The van der Waals surface area contributed by atoms with Crippen molar-refractivity contribution < 1.29 is 9.18 Å². The number of halogens is 3. The summed E-state index contributed by atoms with van der Waals surface area (Å²) >= 11 is 11.7. The third-order valence-electron chi connectivity index (χ3n) is 2.98. The molecule has 0 unspecified atom stereocenters. The third-order valence-corrected chi connectivity index (χ3v) is 3.72. The highest BCUT2D eigenvalue weighted by Crippen LogP contribution is 2.24. The first kappa shape index (κ1) is 17.2. The number of nitrogens with two attached hydrogens (primary N) is 1. The van der Waals surface area contributed by atoms with Crippen molar-refractivity contribution in [2.75, 3.05) is 11.9 Å². The quantitative estimate of drug-likeness (QED) is 0.627. The molecule has 0 radical (unpaired) electrons. The number of hydrogen-bond donors (Lipinski definition) is 2. The molecule has 0 saturated carbocycles. The molecule has 1 amide bonds. The molecule has 4 nitrogen and oxygen atoms in total. The van der Waals surface area contributed by atoms with Crippen molar-refractivity contribution in [2.45, 2.75) is 6.42 Å². The molecule has 0 bridgehead atoms. The van der Waals surface area contributed by atoms with E-state index in [0.29, 0.717) is 23.0 Å². The van der Waals surface area contributed by atoms with Gasteiger partial charge in [0.05, 0.1) is 15.6 Å². The molecule has 23 heavy (non-hydrogen) atoms. The lowest BCUT2D eigenvalue weighted by Crippen LogP contribution is -2.19. The minimum Gasteiger partial charge on any atom is -0.387 e. The van der Waals surface area contributed by atoms with Gasteiger partial charge in [-0.05, 0) is 30.3 Å². The van der Waals surface area contributed by atoms with Gasteiger partial charge in [0, 0.05) is 18.7 Å². The van der Waals surface area contributed by atoms with Crippen molar-refractivity contribution in [3.05, 3.63) is 63.9 Å². The molecule has 2 aromatic carbocycles. The number of carbonyl (C=O) groups excluding carboxylic acids is 1. The Labute approximate surface area is 143 Å². The minimum absolute atomic E-state index is 0.104. The fourth-order valence-electron chi connectivity index (χ4n) is 1.82. The summed E-state index contributed by atoms with van der Waals surface area (Å²) in [5.74, 6) is -1.20. The molecule has 0 aromatic heterocycles. The lowest BCUT2D eigenvalue weighted by molar-refractivity contribution is 0.0999. The second-order valence-electron chi connectivity index (χ2n) is 4.69. The minimum atomic E-state index is -0.699. The van der Waals surface area contributed by atoms with Gasteiger partial charge in [0.25, 0.3) is 5.91 Å². The molecule has 2 rings (SSSR count). The Morgan fingerprint density at radius 2 is 1.91 bits per heavy atom. The molecular weight excluding hydrogens is 340 g/mol. The number of benzene rings is 2. The molecule has 0 fully saturated rings. The van der Waals surface area contributed by atoms with Crippen LogP contribution in [-0.4, -0.2) is 18.3 Å². The molecule has 0 aliphatic heterocycles. The predicted octanol–water partition coefficient (Wildman–Crippen LogP) is 4.13. The van der Waals surface area contributed by atoms with Gasteiger partial charge in [-0.2, -0.15) is 4.99 Å². The highest BCUT2D eigenvalue weighted by Gasteiger charge is 2.10. The van der Waals surface area contributed by atoms with Gasteiger partial charge in [-0.25, -0.2) is 4.39 Å². The van der Waals surface area contributed by atoms with Crippen LogP contribution in [0, 0.1) is 5.82 Å². The Kier molecular flexibility index (Phi) is 5.96. The van der Waals surface area contributed by atoms with Crippen molar-refractivity contribution in [1.82, 2.24) is 0 Å². The Balaban J connectivity index is 1.91. The van der Waals surface area contributed by atoms with Gasteiger partial charge in [0.2, 0.25) is 0 Å². The summed E-state index contributed by atoms with van der Waals surface area (Å²) in [5.41, 5.74) is 6.37. The van der Waals surface area contributed by atoms with Crippen molar-refractivity contribution in [3.8, 4) is 0 Å². The van der Waals surface area contributed by atoms with Gasteiger partial charge < -0.3 is 11.1 Å². The highest BCUT2D eigenvalue weighted by atomic mass is 35.5. The van der Waals surface area contributed by atoms with Gasteiger partial charge in [0.15, 0.2) is 0 Å². The summed E-state index contributed by atoms with van der Waals surface area (Å²) in [6.07, 6.45) is 0.320. The second-order valence-corrected chi connectivity index (χ2v) is 5.51. The number of nitrogens with zero attached hydrogens (tertiary/aromatic N) is 1. The fourth-order valence-corrected chi connectivity index (χ4v) is 2.12. The van der Waals surface area contributed by atoms with E-state index in [1.807, 2.05) is 0 Å². The van der Waals surface area contributed by atoms with E-state index in [1.165, 1.54) is 18.2 Å². The number of amidine groups is 1. The number of aliphatic imine (C=N–C) groups is 1. The summed E-state index contributed by atoms with van der Waals surface area (Å²) in [7, 11) is 0. The number of hydrogen-bond acceptors (Lipinski definition) is 2. The summed E-state index contributed by atoms with van der Waals surface area (Å²) in [4.78, 5) is 15.5. The lowest BCUT2D eigenvalue weighted by Gasteiger charge is -2.07. The molecule has 0 aliphatic rings. The monoisotopic (exact) mass is 353 g/mol. The van der Waals surface area contributed by atoms with E-state index in [2.05, 4.69) is 10.3 Å².